The highest BCUT2D eigenvalue weighted by Crippen LogP contribution is 2.54. The van der Waals surface area contributed by atoms with Crippen LogP contribution in [0, 0.1) is 3.57 Å². The lowest BCUT2D eigenvalue weighted by molar-refractivity contribution is 0.795. The normalized spacial score (nSPS) is 13.9. The maximum absolute atomic E-state index is 2.64. The lowest BCUT2D eigenvalue weighted by Crippen LogP contribution is -2.62. The highest BCUT2D eigenvalue weighted by Gasteiger charge is 2.51. The Kier molecular flexibility index (Phi) is 6.67. The van der Waals surface area contributed by atoms with Gasteiger partial charge in [-0.05, 0) is 152 Å². The minimum absolute atomic E-state index is 0.0135. The average Bonchev–Trinajstić information content (AvgIpc) is 3.89. The number of rotatable bonds is 5. The number of unbranched alkanes of at least 4 members (excludes halogenated alkanes) is 1. The van der Waals surface area contributed by atoms with Gasteiger partial charge in [0.1, 0.15) is 0 Å². The Labute approximate surface area is 346 Å². The molecule has 4 nitrogen and oxygen atoms in total. The molecule has 0 amide bonds. The molecule has 4 aliphatic heterocycles. The average molecular weight is 840 g/mol. The second-order valence-electron chi connectivity index (χ2n) is 16.1. The topological polar surface area (TPSA) is 16.3 Å². The van der Waals surface area contributed by atoms with Crippen LogP contribution in [0.4, 0.5) is 34.1 Å². The zero-order valence-corrected chi connectivity index (χ0v) is 33.6. The van der Waals surface area contributed by atoms with Crippen LogP contribution in [0.3, 0.4) is 0 Å². The van der Waals surface area contributed by atoms with Gasteiger partial charge in [-0.2, -0.15) is 0 Å². The van der Waals surface area contributed by atoms with Crippen LogP contribution in [0.25, 0.3) is 44.1 Å². The summed E-state index contributed by atoms with van der Waals surface area (Å²) in [5, 5.41) is 2.57. The fourth-order valence-electron chi connectivity index (χ4n) is 10.9. The predicted octanol–water partition coefficient (Wildman–Crippen LogP) is 10.4. The van der Waals surface area contributed by atoms with E-state index >= 15 is 0 Å². The molecular weight excluding hydrogens is 805 g/mol. The number of fused-ring (bicyclic) bond motifs is 10. The fourth-order valence-corrected chi connectivity index (χ4v) is 11.4. The van der Waals surface area contributed by atoms with E-state index in [0.717, 1.165) is 6.42 Å². The standard InChI is InChI=1S/C50H35B2IN4/c1-2-3-12-31-21-23-39-41(29-31)56(35-15-6-4-7-16-35)49-45-43(37-19-10-13-32-25-27-54(47(32)37)51(39)45)44-38-20-11-14-33-26-28-55(48(33)38)52-40-24-22-34(53)30-42(40)57(50(49)46(44)52)36-17-8-5-9-18-36/h4-11,13-30H,2-3,12H2,1H3. The fraction of sp³-hybridized carbons (Fsp3) is 0.0800. The van der Waals surface area contributed by atoms with Gasteiger partial charge in [-0.15, -0.1) is 0 Å². The molecule has 0 saturated heterocycles. The zero-order chi connectivity index (χ0) is 37.5. The summed E-state index contributed by atoms with van der Waals surface area (Å²) in [5.74, 6) is 0. The summed E-state index contributed by atoms with van der Waals surface area (Å²) in [7, 11) is 0. The molecule has 0 unspecified atom stereocenters. The summed E-state index contributed by atoms with van der Waals surface area (Å²) in [4.78, 5) is 5.25. The van der Waals surface area contributed by atoms with Crippen molar-refractivity contribution < 1.29 is 0 Å². The molecule has 9 aromatic rings. The summed E-state index contributed by atoms with van der Waals surface area (Å²) in [6.07, 6.45) is 8.10. The van der Waals surface area contributed by atoms with Crippen LogP contribution < -0.4 is 31.7 Å². The van der Waals surface area contributed by atoms with Crippen molar-refractivity contribution in [1.29, 1.82) is 0 Å². The minimum atomic E-state index is -0.0165. The molecule has 0 aliphatic carbocycles. The van der Waals surface area contributed by atoms with E-state index in [1.807, 2.05) is 0 Å². The summed E-state index contributed by atoms with van der Waals surface area (Å²) >= 11 is 2.51. The van der Waals surface area contributed by atoms with Gasteiger partial charge < -0.3 is 18.8 Å². The van der Waals surface area contributed by atoms with Gasteiger partial charge in [0, 0.05) is 48.5 Å². The van der Waals surface area contributed by atoms with Crippen molar-refractivity contribution in [1.82, 2.24) is 8.96 Å². The first-order chi connectivity index (χ1) is 28.2. The van der Waals surface area contributed by atoms with Crippen molar-refractivity contribution in [3.8, 4) is 22.3 Å². The Bertz CT molecular complexity index is 3170. The molecule has 7 heteroatoms. The third kappa shape index (κ3) is 4.20. The Morgan fingerprint density at radius 1 is 0.526 bits per heavy atom. The maximum Gasteiger partial charge on any atom is 0.332 e. The van der Waals surface area contributed by atoms with E-state index in [4.69, 9.17) is 0 Å². The second kappa shape index (κ2) is 11.8. The van der Waals surface area contributed by atoms with Crippen LogP contribution in [-0.2, 0) is 6.42 Å². The van der Waals surface area contributed by atoms with E-state index < -0.39 is 0 Å². The second-order valence-corrected chi connectivity index (χ2v) is 17.3. The molecule has 13 rings (SSSR count). The lowest BCUT2D eigenvalue weighted by Gasteiger charge is -2.48. The Hall–Kier alpha value is -5.92. The van der Waals surface area contributed by atoms with Crippen LogP contribution in [-0.4, -0.2) is 22.7 Å². The van der Waals surface area contributed by atoms with Crippen molar-refractivity contribution in [3.05, 3.63) is 167 Å². The largest absolute Gasteiger partial charge is 0.382 e. The molecule has 268 valence electrons. The monoisotopic (exact) mass is 840 g/mol. The molecule has 0 bridgehead atoms. The molecule has 0 N–H and O–H groups in total. The number of hydrogen-bond donors (Lipinski definition) is 0. The molecule has 0 radical (unpaired) electrons. The smallest absolute Gasteiger partial charge is 0.332 e. The summed E-state index contributed by atoms with van der Waals surface area (Å²) in [6, 6.07) is 55.3. The summed E-state index contributed by atoms with van der Waals surface area (Å²) < 4.78 is 6.40. The predicted molar refractivity (Wildman–Crippen MR) is 250 cm³/mol. The number of halogens is 1. The number of para-hydroxylation sites is 4. The van der Waals surface area contributed by atoms with Crippen molar-refractivity contribution in [2.45, 2.75) is 26.2 Å². The van der Waals surface area contributed by atoms with E-state index in [2.05, 4.69) is 206 Å². The van der Waals surface area contributed by atoms with Crippen LogP contribution in [0.5, 0.6) is 0 Å². The van der Waals surface area contributed by atoms with E-state index in [1.165, 1.54) is 122 Å². The van der Waals surface area contributed by atoms with E-state index in [0.29, 0.717) is 0 Å². The van der Waals surface area contributed by atoms with Crippen LogP contribution in [0.15, 0.2) is 158 Å². The molecule has 0 atom stereocenters. The zero-order valence-electron chi connectivity index (χ0n) is 31.5. The molecular formula is C50H35B2IN4. The van der Waals surface area contributed by atoms with Gasteiger partial charge in [0.05, 0.1) is 11.4 Å². The minimum Gasteiger partial charge on any atom is -0.382 e. The Morgan fingerprint density at radius 3 is 1.60 bits per heavy atom. The van der Waals surface area contributed by atoms with Gasteiger partial charge in [-0.3, -0.25) is 0 Å². The molecule has 0 saturated carbocycles. The van der Waals surface area contributed by atoms with E-state index in [9.17, 15) is 0 Å². The first-order valence-corrected chi connectivity index (χ1v) is 21.3. The Balaban J connectivity index is 1.29. The first kappa shape index (κ1) is 32.2. The van der Waals surface area contributed by atoms with Crippen LogP contribution >= 0.6 is 22.6 Å². The van der Waals surface area contributed by atoms with Gasteiger partial charge in [0.25, 0.3) is 0 Å². The van der Waals surface area contributed by atoms with E-state index in [-0.39, 0.29) is 13.7 Å². The molecule has 57 heavy (non-hydrogen) atoms. The molecule has 0 spiro atoms. The SMILES string of the molecule is CCCCc1ccc2c(c1)N(c1ccccc1)c1c3c(c4c5c1N(c1ccccc1)c1cc(I)ccc1B5n1ccc5cccc-4c51)-c1cccc4ccn(c14)B23. The van der Waals surface area contributed by atoms with Crippen LogP contribution in [0.2, 0.25) is 0 Å². The van der Waals surface area contributed by atoms with Gasteiger partial charge in [-0.1, -0.05) is 104 Å². The molecule has 2 aromatic heterocycles. The van der Waals surface area contributed by atoms with Gasteiger partial charge >= 0.3 is 13.7 Å². The number of aryl methyl sites for hydroxylation is 1. The van der Waals surface area contributed by atoms with Crippen molar-refractivity contribution in [2.24, 2.45) is 0 Å². The van der Waals surface area contributed by atoms with Crippen molar-refractivity contribution in [2.75, 3.05) is 9.80 Å². The van der Waals surface area contributed by atoms with Crippen molar-refractivity contribution >= 4 is 114 Å². The number of anilines is 6. The van der Waals surface area contributed by atoms with Gasteiger partial charge in [0.15, 0.2) is 0 Å². The van der Waals surface area contributed by atoms with E-state index in [1.54, 1.807) is 0 Å². The highest BCUT2D eigenvalue weighted by molar-refractivity contribution is 14.1. The molecule has 0 fully saturated rings. The molecule has 6 heterocycles. The van der Waals surface area contributed by atoms with Gasteiger partial charge in [-0.25, -0.2) is 0 Å². The quantitative estimate of drug-likeness (QED) is 0.127. The van der Waals surface area contributed by atoms with Crippen molar-refractivity contribution in [3.63, 3.8) is 0 Å². The lowest BCUT2D eigenvalue weighted by atomic mass is 9.40. The highest BCUT2D eigenvalue weighted by atomic mass is 127. The number of aromatic nitrogens is 2. The summed E-state index contributed by atoms with van der Waals surface area (Å²) in [6.45, 7) is 2.26. The number of benzene rings is 7. The summed E-state index contributed by atoms with van der Waals surface area (Å²) in [5.41, 5.74) is 22.2. The number of nitrogens with zero attached hydrogens (tertiary/aromatic N) is 4. The Morgan fingerprint density at radius 2 is 1.05 bits per heavy atom. The number of hydrogen-bond acceptors (Lipinski definition) is 2. The maximum atomic E-state index is 2.64. The van der Waals surface area contributed by atoms with Gasteiger partial charge in [0.2, 0.25) is 0 Å². The molecule has 7 aromatic carbocycles. The third-order valence-electron chi connectivity index (χ3n) is 13.1. The molecule has 4 aliphatic rings. The first-order valence-electron chi connectivity index (χ1n) is 20.3. The third-order valence-corrected chi connectivity index (χ3v) is 13.8. The van der Waals surface area contributed by atoms with Crippen LogP contribution in [0.1, 0.15) is 25.3 Å².